The van der Waals surface area contributed by atoms with Crippen LogP contribution in [-0.4, -0.2) is 44.3 Å². The van der Waals surface area contributed by atoms with Gasteiger partial charge in [0.05, 0.1) is 6.10 Å². The van der Waals surface area contributed by atoms with Crippen molar-refractivity contribution in [3.05, 3.63) is 24.3 Å². The summed E-state index contributed by atoms with van der Waals surface area (Å²) in [6.45, 7) is 3.42. The highest BCUT2D eigenvalue weighted by Gasteiger charge is 2.16. The first kappa shape index (κ1) is 22.5. The van der Waals surface area contributed by atoms with Gasteiger partial charge in [0.25, 0.3) is 0 Å². The molecule has 0 radical (unpaired) electrons. The van der Waals surface area contributed by atoms with Gasteiger partial charge in [0, 0.05) is 30.9 Å². The molecule has 156 valence electrons. The van der Waals surface area contributed by atoms with E-state index in [4.69, 9.17) is 4.74 Å². The molecule has 0 aromatic heterocycles. The Balaban J connectivity index is 0.00000280. The molecule has 8 heteroatoms. The molecule has 2 heterocycles. The predicted molar refractivity (Wildman–Crippen MR) is 113 cm³/mol. The minimum Gasteiger partial charge on any atom is -0.376 e. The summed E-state index contributed by atoms with van der Waals surface area (Å²) in [5, 5.41) is 11.9. The van der Waals surface area contributed by atoms with E-state index in [-0.39, 0.29) is 30.4 Å². The first-order chi connectivity index (χ1) is 13.2. The molecule has 2 saturated heterocycles. The Hall–Kier alpha value is -1.83. The fourth-order valence-corrected chi connectivity index (χ4v) is 3.55. The van der Waals surface area contributed by atoms with Crippen molar-refractivity contribution in [3.8, 4) is 0 Å². The van der Waals surface area contributed by atoms with E-state index in [0.29, 0.717) is 24.6 Å². The van der Waals surface area contributed by atoms with E-state index in [9.17, 15) is 9.59 Å². The molecule has 0 saturated carbocycles. The molecule has 0 bridgehead atoms. The molecule has 1 unspecified atom stereocenters. The SMILES string of the molecule is Cl.O=C(CCC1CCNCC1)Nc1ccc(NC(=O)NCC2CCCO2)cc1. The highest BCUT2D eigenvalue weighted by atomic mass is 35.5. The van der Waals surface area contributed by atoms with Crippen LogP contribution in [0.4, 0.5) is 16.2 Å². The molecule has 1 aromatic rings. The van der Waals surface area contributed by atoms with Crippen molar-refractivity contribution in [3.63, 3.8) is 0 Å². The average molecular weight is 411 g/mol. The van der Waals surface area contributed by atoms with Gasteiger partial charge >= 0.3 is 6.03 Å². The molecule has 0 aliphatic carbocycles. The number of amides is 3. The number of carbonyl (C=O) groups excluding carboxylic acids is 2. The topological polar surface area (TPSA) is 91.5 Å². The quantitative estimate of drug-likeness (QED) is 0.555. The monoisotopic (exact) mass is 410 g/mol. The van der Waals surface area contributed by atoms with Gasteiger partial charge in [-0.05, 0) is 75.4 Å². The molecule has 7 nitrogen and oxygen atoms in total. The molecule has 2 aliphatic heterocycles. The zero-order chi connectivity index (χ0) is 18.9. The number of urea groups is 1. The Labute approximate surface area is 172 Å². The van der Waals surface area contributed by atoms with Crippen molar-refractivity contribution < 1.29 is 14.3 Å². The summed E-state index contributed by atoms with van der Waals surface area (Å²) in [6, 6.07) is 6.93. The first-order valence-corrected chi connectivity index (χ1v) is 9.96. The fraction of sp³-hybridized carbons (Fsp3) is 0.600. The van der Waals surface area contributed by atoms with Gasteiger partial charge in [-0.1, -0.05) is 0 Å². The zero-order valence-electron chi connectivity index (χ0n) is 16.2. The number of nitrogens with one attached hydrogen (secondary N) is 4. The number of hydrogen-bond acceptors (Lipinski definition) is 4. The fourth-order valence-electron chi connectivity index (χ4n) is 3.55. The first-order valence-electron chi connectivity index (χ1n) is 9.96. The molecule has 28 heavy (non-hydrogen) atoms. The van der Waals surface area contributed by atoms with Crippen LogP contribution in [0.15, 0.2) is 24.3 Å². The van der Waals surface area contributed by atoms with Crippen molar-refractivity contribution in [2.45, 2.75) is 44.6 Å². The number of carbonyl (C=O) groups is 2. The lowest BCUT2D eigenvalue weighted by Crippen LogP contribution is -2.35. The van der Waals surface area contributed by atoms with Crippen LogP contribution in [0.3, 0.4) is 0 Å². The maximum Gasteiger partial charge on any atom is 0.319 e. The summed E-state index contributed by atoms with van der Waals surface area (Å²) in [5.74, 6) is 0.695. The van der Waals surface area contributed by atoms with E-state index < -0.39 is 0 Å². The highest BCUT2D eigenvalue weighted by molar-refractivity contribution is 5.92. The van der Waals surface area contributed by atoms with Crippen LogP contribution in [0.5, 0.6) is 0 Å². The molecule has 2 fully saturated rings. The van der Waals surface area contributed by atoms with Gasteiger partial charge in [-0.2, -0.15) is 0 Å². The molecule has 1 atom stereocenters. The molecule has 4 N–H and O–H groups in total. The normalized spacial score (nSPS) is 19.5. The average Bonchev–Trinajstić information content (AvgIpc) is 3.21. The maximum atomic E-state index is 12.1. The summed E-state index contributed by atoms with van der Waals surface area (Å²) in [4.78, 5) is 24.0. The van der Waals surface area contributed by atoms with Gasteiger partial charge < -0.3 is 26.0 Å². The summed E-state index contributed by atoms with van der Waals surface area (Å²) in [7, 11) is 0. The van der Waals surface area contributed by atoms with Gasteiger partial charge in [-0.25, -0.2) is 4.79 Å². The van der Waals surface area contributed by atoms with E-state index >= 15 is 0 Å². The van der Waals surface area contributed by atoms with E-state index in [2.05, 4.69) is 21.3 Å². The lowest BCUT2D eigenvalue weighted by Gasteiger charge is -2.22. The van der Waals surface area contributed by atoms with Crippen molar-refractivity contribution in [1.29, 1.82) is 0 Å². The van der Waals surface area contributed by atoms with Gasteiger partial charge in [-0.3, -0.25) is 4.79 Å². The minimum atomic E-state index is -0.246. The Morgan fingerprint density at radius 3 is 2.36 bits per heavy atom. The molecule has 3 rings (SSSR count). The van der Waals surface area contributed by atoms with Crippen LogP contribution in [0.1, 0.15) is 38.5 Å². The van der Waals surface area contributed by atoms with Crippen LogP contribution >= 0.6 is 12.4 Å². The number of ether oxygens (including phenoxy) is 1. The number of anilines is 2. The summed E-state index contributed by atoms with van der Waals surface area (Å²) in [5.41, 5.74) is 1.43. The standard InChI is InChI=1S/C20H30N4O3.ClH/c25-19(8-3-15-9-11-21-12-10-15)23-16-4-6-17(7-5-16)24-20(26)22-14-18-2-1-13-27-18;/h4-7,15,18,21H,1-3,8-14H2,(H,23,25)(H2,22,24,26);1H. The maximum absolute atomic E-state index is 12.1. The van der Waals surface area contributed by atoms with Gasteiger partial charge in [0.15, 0.2) is 0 Å². The molecule has 1 aromatic carbocycles. The number of hydrogen-bond donors (Lipinski definition) is 4. The zero-order valence-corrected chi connectivity index (χ0v) is 17.0. The summed E-state index contributed by atoms with van der Waals surface area (Å²) >= 11 is 0. The molecule has 3 amide bonds. The van der Waals surface area contributed by atoms with Gasteiger partial charge in [0.2, 0.25) is 5.91 Å². The minimum absolute atomic E-state index is 0. The van der Waals surface area contributed by atoms with E-state index in [1.54, 1.807) is 24.3 Å². The van der Waals surface area contributed by atoms with Crippen LogP contribution < -0.4 is 21.3 Å². The van der Waals surface area contributed by atoms with E-state index in [1.165, 1.54) is 0 Å². The lowest BCUT2D eigenvalue weighted by atomic mass is 9.93. The van der Waals surface area contributed by atoms with Gasteiger partial charge in [0.1, 0.15) is 0 Å². The van der Waals surface area contributed by atoms with Crippen LogP contribution in [0.25, 0.3) is 0 Å². The van der Waals surface area contributed by atoms with Crippen LogP contribution in [0.2, 0.25) is 0 Å². The second kappa shape index (κ2) is 11.9. The van der Waals surface area contributed by atoms with Crippen molar-refractivity contribution in [1.82, 2.24) is 10.6 Å². The van der Waals surface area contributed by atoms with Gasteiger partial charge in [-0.15, -0.1) is 12.4 Å². The molecular formula is C20H31ClN4O3. The third-order valence-electron chi connectivity index (χ3n) is 5.18. The van der Waals surface area contributed by atoms with Crippen molar-refractivity contribution in [2.75, 3.05) is 36.9 Å². The second-order valence-electron chi connectivity index (χ2n) is 7.33. The third-order valence-corrected chi connectivity index (χ3v) is 5.18. The van der Waals surface area contributed by atoms with E-state index in [1.807, 2.05) is 0 Å². The Morgan fingerprint density at radius 1 is 1.04 bits per heavy atom. The van der Waals surface area contributed by atoms with Crippen LogP contribution in [-0.2, 0) is 9.53 Å². The number of benzene rings is 1. The second-order valence-corrected chi connectivity index (χ2v) is 7.33. The molecular weight excluding hydrogens is 380 g/mol. The van der Waals surface area contributed by atoms with Crippen molar-refractivity contribution >= 4 is 35.7 Å². The Kier molecular flexibility index (Phi) is 9.54. The van der Waals surface area contributed by atoms with Crippen molar-refractivity contribution in [2.24, 2.45) is 5.92 Å². The summed E-state index contributed by atoms with van der Waals surface area (Å²) < 4.78 is 5.48. The largest absolute Gasteiger partial charge is 0.376 e. The molecule has 0 spiro atoms. The molecule has 2 aliphatic rings. The predicted octanol–water partition coefficient (Wildman–Crippen LogP) is 3.13. The Morgan fingerprint density at radius 2 is 1.71 bits per heavy atom. The summed E-state index contributed by atoms with van der Waals surface area (Å²) in [6.07, 6.45) is 5.98. The van der Waals surface area contributed by atoms with E-state index in [0.717, 1.165) is 57.5 Å². The number of rotatable bonds is 7. The smallest absolute Gasteiger partial charge is 0.319 e. The third kappa shape index (κ3) is 7.66. The van der Waals surface area contributed by atoms with Crippen LogP contribution in [0, 0.1) is 5.92 Å². The lowest BCUT2D eigenvalue weighted by molar-refractivity contribution is -0.116. The number of piperidine rings is 1. The highest BCUT2D eigenvalue weighted by Crippen LogP contribution is 2.19. The number of halogens is 1. The Bertz CT molecular complexity index is 614.